The second kappa shape index (κ2) is 4.08. The highest BCUT2D eigenvalue weighted by atomic mass is 33.1. The Kier molecular flexibility index (Phi) is 2.56. The first-order chi connectivity index (χ1) is 8.24. The van der Waals surface area contributed by atoms with Gasteiger partial charge in [0.15, 0.2) is 0 Å². The Morgan fingerprint density at radius 1 is 1.35 bits per heavy atom. The maximum atomic E-state index is 5.63. The molecule has 0 fully saturated rings. The van der Waals surface area contributed by atoms with Crippen molar-refractivity contribution < 1.29 is 0 Å². The zero-order chi connectivity index (χ0) is 11.8. The van der Waals surface area contributed by atoms with E-state index in [1.807, 2.05) is 25.3 Å². The molecule has 0 radical (unpaired) electrons. The number of aromatic nitrogens is 3. The number of nitrogen functional groups attached to an aromatic ring is 1. The second-order valence-corrected chi connectivity index (χ2v) is 6.59. The Balaban J connectivity index is 2.06. The summed E-state index contributed by atoms with van der Waals surface area (Å²) in [6.45, 7) is 1.90. The molecule has 2 aromatic heterocycles. The van der Waals surface area contributed by atoms with Crippen molar-refractivity contribution in [1.82, 2.24) is 15.0 Å². The van der Waals surface area contributed by atoms with E-state index in [2.05, 4.69) is 19.3 Å². The number of rotatable bonds is 1. The number of nitrogens with zero attached hydrogens (tertiary/aromatic N) is 4. The topological polar surface area (TPSA) is 77.0 Å². The summed E-state index contributed by atoms with van der Waals surface area (Å²) < 4.78 is 4.63. The summed E-state index contributed by atoms with van der Waals surface area (Å²) in [6, 6.07) is 3.93. The zero-order valence-corrected chi connectivity index (χ0v) is 10.6. The van der Waals surface area contributed by atoms with Gasteiger partial charge in [0, 0.05) is 27.0 Å². The molecule has 5 nitrogen and oxygen atoms in total. The van der Waals surface area contributed by atoms with Gasteiger partial charge in [-0.2, -0.15) is 0 Å². The van der Waals surface area contributed by atoms with Crippen LogP contribution in [0, 0.1) is 6.92 Å². The molecule has 1 atom stereocenters. The number of nitrogens with two attached hydrogens (primary N) is 1. The predicted molar refractivity (Wildman–Crippen MR) is 69.0 cm³/mol. The third kappa shape index (κ3) is 1.91. The maximum absolute atomic E-state index is 5.63. The summed E-state index contributed by atoms with van der Waals surface area (Å²) >= 11 is 0. The molecule has 1 aliphatic heterocycles. The molecule has 3 heterocycles. The fraction of sp³-hybridized carbons (Fsp3) is 0.100. The summed E-state index contributed by atoms with van der Waals surface area (Å²) in [5.74, 6) is 0.306. The lowest BCUT2D eigenvalue weighted by Gasteiger charge is -1.99. The number of anilines is 1. The predicted octanol–water partition coefficient (Wildman–Crippen LogP) is 2.28. The molecule has 0 spiro atoms. The Morgan fingerprint density at radius 2 is 2.24 bits per heavy atom. The summed E-state index contributed by atoms with van der Waals surface area (Å²) in [6.07, 6.45) is 3.58. The minimum absolute atomic E-state index is 0.285. The molecular formula is C10H9N5S2. The van der Waals surface area contributed by atoms with Crippen molar-refractivity contribution in [1.29, 1.82) is 0 Å². The van der Waals surface area contributed by atoms with Crippen LogP contribution in [0.1, 0.15) is 5.69 Å². The molecule has 0 amide bonds. The van der Waals surface area contributed by atoms with Gasteiger partial charge in [-0.15, -0.1) is 0 Å². The van der Waals surface area contributed by atoms with Gasteiger partial charge in [0.1, 0.15) is 10.7 Å². The zero-order valence-electron chi connectivity index (χ0n) is 8.99. The second-order valence-electron chi connectivity index (χ2n) is 3.43. The summed E-state index contributed by atoms with van der Waals surface area (Å²) in [5, 5.41) is 0.863. The summed E-state index contributed by atoms with van der Waals surface area (Å²) in [7, 11) is 1.32. The minimum atomic E-state index is -0.285. The third-order valence-corrected chi connectivity index (χ3v) is 5.55. The average Bonchev–Trinajstić information content (AvgIpc) is 2.74. The molecule has 0 bridgehead atoms. The van der Waals surface area contributed by atoms with Crippen molar-refractivity contribution in [2.45, 2.75) is 16.8 Å². The lowest BCUT2D eigenvalue weighted by Crippen LogP contribution is -1.97. The third-order valence-electron chi connectivity index (χ3n) is 2.21. The smallest absolute Gasteiger partial charge is 0.221 e. The SMILES string of the molecule is Cc1nc(N)nc2c1N=S(c1cccnc1)S2. The lowest BCUT2D eigenvalue weighted by atomic mass is 10.4. The van der Waals surface area contributed by atoms with Crippen LogP contribution >= 0.6 is 10.8 Å². The van der Waals surface area contributed by atoms with Gasteiger partial charge >= 0.3 is 0 Å². The van der Waals surface area contributed by atoms with Crippen LogP contribution in [0.25, 0.3) is 0 Å². The molecule has 2 aromatic rings. The first-order valence-corrected chi connectivity index (χ1v) is 7.44. The van der Waals surface area contributed by atoms with E-state index >= 15 is 0 Å². The molecule has 1 aliphatic rings. The fourth-order valence-corrected chi connectivity index (χ4v) is 4.75. The van der Waals surface area contributed by atoms with Gasteiger partial charge in [0.2, 0.25) is 5.95 Å². The number of aryl methyl sites for hydroxylation is 1. The van der Waals surface area contributed by atoms with E-state index in [0.29, 0.717) is 5.95 Å². The van der Waals surface area contributed by atoms with E-state index in [4.69, 9.17) is 5.73 Å². The first kappa shape index (κ1) is 10.7. The van der Waals surface area contributed by atoms with Crippen molar-refractivity contribution in [2.75, 3.05) is 5.73 Å². The molecule has 0 saturated heterocycles. The molecule has 3 rings (SSSR count). The molecule has 0 aromatic carbocycles. The van der Waals surface area contributed by atoms with Gasteiger partial charge in [0.25, 0.3) is 0 Å². The van der Waals surface area contributed by atoms with E-state index in [9.17, 15) is 0 Å². The van der Waals surface area contributed by atoms with Crippen molar-refractivity contribution in [3.8, 4) is 0 Å². The lowest BCUT2D eigenvalue weighted by molar-refractivity contribution is 1.03. The average molecular weight is 263 g/mol. The monoisotopic (exact) mass is 263 g/mol. The molecular weight excluding hydrogens is 254 g/mol. The van der Waals surface area contributed by atoms with Crippen molar-refractivity contribution in [3.63, 3.8) is 0 Å². The van der Waals surface area contributed by atoms with Gasteiger partial charge in [0.05, 0.1) is 5.69 Å². The Bertz CT molecular complexity index is 612. The van der Waals surface area contributed by atoms with Crippen LogP contribution in [0.15, 0.2) is 38.8 Å². The van der Waals surface area contributed by atoms with E-state index in [-0.39, 0.29) is 9.72 Å². The van der Waals surface area contributed by atoms with Crippen LogP contribution in [0.5, 0.6) is 0 Å². The summed E-state index contributed by atoms with van der Waals surface area (Å²) in [5.41, 5.74) is 7.32. The molecule has 7 heteroatoms. The van der Waals surface area contributed by atoms with Crippen LogP contribution in [-0.4, -0.2) is 15.0 Å². The molecule has 17 heavy (non-hydrogen) atoms. The minimum Gasteiger partial charge on any atom is -0.368 e. The van der Waals surface area contributed by atoms with Crippen molar-refractivity contribution in [2.24, 2.45) is 4.36 Å². The molecule has 0 aliphatic carbocycles. The largest absolute Gasteiger partial charge is 0.368 e. The van der Waals surface area contributed by atoms with E-state index < -0.39 is 0 Å². The van der Waals surface area contributed by atoms with Crippen LogP contribution in [0.4, 0.5) is 11.6 Å². The molecule has 1 unspecified atom stereocenters. The highest BCUT2D eigenvalue weighted by Gasteiger charge is 2.21. The maximum Gasteiger partial charge on any atom is 0.221 e. The Morgan fingerprint density at radius 3 is 3.00 bits per heavy atom. The van der Waals surface area contributed by atoms with Crippen LogP contribution in [0.3, 0.4) is 0 Å². The van der Waals surface area contributed by atoms with Crippen molar-refractivity contribution >= 4 is 32.2 Å². The fourth-order valence-electron chi connectivity index (χ4n) is 1.45. The number of fused-ring (bicyclic) bond motifs is 1. The number of hydrogen-bond donors (Lipinski definition) is 1. The normalized spacial score (nSPS) is 17.6. The van der Waals surface area contributed by atoms with Gasteiger partial charge < -0.3 is 5.73 Å². The van der Waals surface area contributed by atoms with Gasteiger partial charge in [-0.05, 0) is 29.9 Å². The van der Waals surface area contributed by atoms with Crippen molar-refractivity contribution in [3.05, 3.63) is 30.2 Å². The first-order valence-electron chi connectivity index (χ1n) is 4.92. The highest BCUT2D eigenvalue weighted by Crippen LogP contribution is 2.43. The molecule has 86 valence electrons. The van der Waals surface area contributed by atoms with Crippen LogP contribution < -0.4 is 5.73 Å². The highest BCUT2D eigenvalue weighted by molar-refractivity contribution is 8.70. The van der Waals surface area contributed by atoms with Crippen LogP contribution in [0.2, 0.25) is 0 Å². The van der Waals surface area contributed by atoms with Gasteiger partial charge in [-0.25, -0.2) is 14.3 Å². The Labute approximate surface area is 104 Å². The number of pyridine rings is 1. The Hall–Kier alpha value is -1.47. The van der Waals surface area contributed by atoms with Crippen LogP contribution in [-0.2, 0) is 9.72 Å². The molecule has 0 saturated carbocycles. The summed E-state index contributed by atoms with van der Waals surface area (Å²) in [4.78, 5) is 13.5. The van der Waals surface area contributed by atoms with E-state index in [1.165, 1.54) is 0 Å². The number of hydrogen-bond acceptors (Lipinski definition) is 6. The standard InChI is InChI=1S/C10H9N5S2/c1-6-8-9(14-10(11)13-6)16-17(15-8)7-3-2-4-12-5-7/h2-5H,1H3,(H2,11,13,14). The molecule has 2 N–H and O–H groups in total. The quantitative estimate of drug-likeness (QED) is 0.631. The van der Waals surface area contributed by atoms with E-state index in [0.717, 1.165) is 21.3 Å². The van der Waals surface area contributed by atoms with Gasteiger partial charge in [-0.1, -0.05) is 0 Å². The van der Waals surface area contributed by atoms with E-state index in [1.54, 1.807) is 17.0 Å². The van der Waals surface area contributed by atoms with Gasteiger partial charge in [-0.3, -0.25) is 4.98 Å².